The van der Waals surface area contributed by atoms with Crippen molar-refractivity contribution in [3.05, 3.63) is 59.7 Å². The second kappa shape index (κ2) is 9.74. The first-order chi connectivity index (χ1) is 12.5. The molecule has 142 valence electrons. The number of methoxy groups -OCH3 is 1. The Morgan fingerprint density at radius 3 is 2.23 bits per heavy atom. The van der Waals surface area contributed by atoms with Gasteiger partial charge in [0.25, 0.3) is 0 Å². The van der Waals surface area contributed by atoms with E-state index in [1.165, 1.54) is 0 Å². The molecule has 0 spiro atoms. The summed E-state index contributed by atoms with van der Waals surface area (Å²) in [5.41, 5.74) is 7.83. The summed E-state index contributed by atoms with van der Waals surface area (Å²) in [6.45, 7) is 4.38. The van der Waals surface area contributed by atoms with Gasteiger partial charge in [0.2, 0.25) is 0 Å². The molecule has 2 rings (SSSR count). The lowest BCUT2D eigenvalue weighted by Crippen LogP contribution is -2.15. The van der Waals surface area contributed by atoms with Crippen LogP contribution in [0.15, 0.2) is 48.5 Å². The third-order valence-electron chi connectivity index (χ3n) is 3.73. The van der Waals surface area contributed by atoms with Gasteiger partial charge in [-0.3, -0.25) is 4.57 Å². The van der Waals surface area contributed by atoms with Gasteiger partial charge < -0.3 is 24.3 Å². The highest BCUT2D eigenvalue weighted by Crippen LogP contribution is 2.58. The fraction of sp³-hybridized carbons (Fsp3) is 0.368. The Bertz CT molecular complexity index is 728. The van der Waals surface area contributed by atoms with Crippen molar-refractivity contribution in [3.63, 3.8) is 0 Å². The van der Waals surface area contributed by atoms with Crippen LogP contribution >= 0.6 is 7.60 Å². The largest absolute Gasteiger partial charge is 0.493 e. The van der Waals surface area contributed by atoms with Crippen molar-refractivity contribution in [2.24, 2.45) is 5.73 Å². The molecule has 2 N–H and O–H groups in total. The van der Waals surface area contributed by atoms with Crippen LogP contribution in [-0.4, -0.2) is 20.3 Å². The minimum atomic E-state index is -3.47. The van der Waals surface area contributed by atoms with Crippen molar-refractivity contribution in [2.45, 2.75) is 26.2 Å². The first-order valence-electron chi connectivity index (χ1n) is 8.53. The van der Waals surface area contributed by atoms with E-state index in [2.05, 4.69) is 0 Å². The lowest BCUT2D eigenvalue weighted by Gasteiger charge is -2.24. The second-order valence-corrected chi connectivity index (χ2v) is 7.66. The van der Waals surface area contributed by atoms with Crippen molar-refractivity contribution >= 4 is 7.60 Å². The van der Waals surface area contributed by atoms with Crippen LogP contribution in [-0.2, 0) is 20.2 Å². The van der Waals surface area contributed by atoms with E-state index in [1.807, 2.05) is 30.3 Å². The van der Waals surface area contributed by atoms with E-state index in [-0.39, 0.29) is 13.2 Å². The van der Waals surface area contributed by atoms with Crippen molar-refractivity contribution in [1.82, 2.24) is 0 Å². The van der Waals surface area contributed by atoms with Gasteiger partial charge in [0.05, 0.1) is 20.3 Å². The zero-order chi connectivity index (χ0) is 19.0. The zero-order valence-electron chi connectivity index (χ0n) is 15.4. The summed E-state index contributed by atoms with van der Waals surface area (Å²) in [5.74, 6) is 0.177. The Labute approximate surface area is 154 Å². The maximum atomic E-state index is 12.9. The molecule has 0 aliphatic heterocycles. The summed E-state index contributed by atoms with van der Waals surface area (Å²) in [6.07, 6.45) is 0. The highest BCUT2D eigenvalue weighted by atomic mass is 31.2. The van der Waals surface area contributed by atoms with Gasteiger partial charge in [-0.05, 0) is 37.1 Å². The summed E-state index contributed by atoms with van der Waals surface area (Å²) in [5, 5.41) is 0. The molecule has 6 nitrogen and oxygen atoms in total. The van der Waals surface area contributed by atoms with Crippen LogP contribution in [0.5, 0.6) is 11.5 Å². The third-order valence-corrected chi connectivity index (χ3v) is 5.94. The van der Waals surface area contributed by atoms with Crippen LogP contribution < -0.4 is 15.2 Å². The molecule has 0 aromatic heterocycles. The standard InChI is InChI=1S/C19H26NO5P/c1-4-24-26(21,25-5-2)19(20)16-11-12-17(22-3)18(13-16)23-14-15-9-7-6-8-10-15/h6-13,19H,4-5,14,20H2,1-3H3/t19-/m0/s1. The van der Waals surface area contributed by atoms with Gasteiger partial charge in [0.15, 0.2) is 11.5 Å². The predicted molar refractivity (Wildman–Crippen MR) is 102 cm³/mol. The SMILES string of the molecule is CCOP(=O)(OCC)[C@H](N)c1ccc(OC)c(OCc2ccccc2)c1. The first kappa shape index (κ1) is 20.5. The summed E-state index contributed by atoms with van der Waals surface area (Å²) in [6, 6.07) is 15.0. The molecule has 2 aromatic carbocycles. The van der Waals surface area contributed by atoms with Gasteiger partial charge in [0.1, 0.15) is 12.4 Å². The molecule has 1 atom stereocenters. The maximum Gasteiger partial charge on any atom is 0.351 e. The topological polar surface area (TPSA) is 80.0 Å². The summed E-state index contributed by atoms with van der Waals surface area (Å²) < 4.78 is 34.9. The lowest BCUT2D eigenvalue weighted by molar-refractivity contribution is 0.212. The van der Waals surface area contributed by atoms with E-state index in [4.69, 9.17) is 24.3 Å². The van der Waals surface area contributed by atoms with Gasteiger partial charge in [0, 0.05) is 0 Å². The van der Waals surface area contributed by atoms with Gasteiger partial charge in [-0.15, -0.1) is 0 Å². The van der Waals surface area contributed by atoms with Crippen molar-refractivity contribution < 1.29 is 23.1 Å². The van der Waals surface area contributed by atoms with Crippen LogP contribution in [0.4, 0.5) is 0 Å². The lowest BCUT2D eigenvalue weighted by atomic mass is 10.2. The predicted octanol–water partition coefficient (Wildman–Crippen LogP) is 4.50. The molecule has 0 saturated heterocycles. The summed E-state index contributed by atoms with van der Waals surface area (Å²) in [7, 11) is -1.91. The van der Waals surface area contributed by atoms with E-state index in [0.717, 1.165) is 5.56 Å². The molecule has 0 fully saturated rings. The van der Waals surface area contributed by atoms with Crippen LogP contribution in [0.25, 0.3) is 0 Å². The Kier molecular flexibility index (Phi) is 7.66. The van der Waals surface area contributed by atoms with Crippen LogP contribution in [0, 0.1) is 0 Å². The smallest absolute Gasteiger partial charge is 0.351 e. The molecule has 0 radical (unpaired) electrons. The number of nitrogens with two attached hydrogens (primary N) is 1. The van der Waals surface area contributed by atoms with Gasteiger partial charge >= 0.3 is 7.60 Å². The molecule has 2 aromatic rings. The normalized spacial score (nSPS) is 12.6. The summed E-state index contributed by atoms with van der Waals surface area (Å²) in [4.78, 5) is 0. The number of ether oxygens (including phenoxy) is 2. The van der Waals surface area contributed by atoms with E-state index >= 15 is 0 Å². The minimum absolute atomic E-state index is 0.249. The molecule has 0 aliphatic carbocycles. The Hall–Kier alpha value is -1.85. The molecule has 0 aliphatic rings. The van der Waals surface area contributed by atoms with Gasteiger partial charge in [-0.25, -0.2) is 0 Å². The minimum Gasteiger partial charge on any atom is -0.493 e. The van der Waals surface area contributed by atoms with Crippen molar-refractivity contribution in [2.75, 3.05) is 20.3 Å². The molecule has 0 unspecified atom stereocenters. The number of hydrogen-bond acceptors (Lipinski definition) is 6. The number of benzene rings is 2. The number of hydrogen-bond donors (Lipinski definition) is 1. The highest BCUT2D eigenvalue weighted by molar-refractivity contribution is 7.54. The average Bonchev–Trinajstić information content (AvgIpc) is 2.66. The third kappa shape index (κ3) is 5.08. The van der Waals surface area contributed by atoms with Crippen LogP contribution in [0.1, 0.15) is 30.8 Å². The monoisotopic (exact) mass is 379 g/mol. The van der Waals surface area contributed by atoms with E-state index in [0.29, 0.717) is 23.7 Å². The fourth-order valence-corrected chi connectivity index (χ4v) is 4.11. The molecule has 0 amide bonds. The quantitative estimate of drug-likeness (QED) is 0.613. The first-order valence-corrected chi connectivity index (χ1v) is 10.1. The fourth-order valence-electron chi connectivity index (χ4n) is 2.47. The molecule has 0 bridgehead atoms. The van der Waals surface area contributed by atoms with Gasteiger partial charge in [-0.2, -0.15) is 0 Å². The Morgan fingerprint density at radius 2 is 1.65 bits per heavy atom. The van der Waals surface area contributed by atoms with Gasteiger partial charge in [-0.1, -0.05) is 36.4 Å². The molecule has 7 heteroatoms. The Balaban J connectivity index is 2.25. The second-order valence-electron chi connectivity index (χ2n) is 5.50. The Morgan fingerprint density at radius 1 is 1.00 bits per heavy atom. The molecule has 0 heterocycles. The van der Waals surface area contributed by atoms with Crippen LogP contribution in [0.2, 0.25) is 0 Å². The average molecular weight is 379 g/mol. The zero-order valence-corrected chi connectivity index (χ0v) is 16.3. The van der Waals surface area contributed by atoms with E-state index < -0.39 is 13.4 Å². The molecule has 0 saturated carbocycles. The maximum absolute atomic E-state index is 12.9. The summed E-state index contributed by atoms with van der Waals surface area (Å²) >= 11 is 0. The molecule has 26 heavy (non-hydrogen) atoms. The highest BCUT2D eigenvalue weighted by Gasteiger charge is 2.34. The number of rotatable bonds is 10. The van der Waals surface area contributed by atoms with Crippen molar-refractivity contribution in [3.8, 4) is 11.5 Å². The van der Waals surface area contributed by atoms with E-state index in [9.17, 15) is 4.57 Å². The van der Waals surface area contributed by atoms with Crippen LogP contribution in [0.3, 0.4) is 0 Å². The molecular formula is C19H26NO5P. The van der Waals surface area contributed by atoms with E-state index in [1.54, 1.807) is 39.2 Å². The molecular weight excluding hydrogens is 353 g/mol. The van der Waals surface area contributed by atoms with Crippen molar-refractivity contribution in [1.29, 1.82) is 0 Å².